The normalized spacial score (nSPS) is 17.0. The number of aromatic amines is 1. The summed E-state index contributed by atoms with van der Waals surface area (Å²) in [7, 11) is 0. The van der Waals surface area contributed by atoms with E-state index in [1.54, 1.807) is 6.07 Å². The van der Waals surface area contributed by atoms with Gasteiger partial charge in [0.05, 0.1) is 11.6 Å². The number of halogens is 1. The molecule has 1 atom stereocenters. The van der Waals surface area contributed by atoms with E-state index >= 15 is 0 Å². The number of amides is 1. The second-order valence-electron chi connectivity index (χ2n) is 6.88. The number of ketones is 1. The summed E-state index contributed by atoms with van der Waals surface area (Å²) in [5, 5.41) is 11.4. The molecule has 1 aliphatic rings. The Morgan fingerprint density at radius 3 is 2.75 bits per heavy atom. The number of Topliss-reactive ketones (excluding diaryl/α,β-unsaturated/α-hetero) is 1. The van der Waals surface area contributed by atoms with Crippen LogP contribution < -0.4 is 0 Å². The predicted octanol–water partition coefficient (Wildman–Crippen LogP) is 3.83. The predicted molar refractivity (Wildman–Crippen MR) is 103 cm³/mol. The molecule has 2 N–H and O–H groups in total. The van der Waals surface area contributed by atoms with Crippen molar-refractivity contribution < 1.29 is 19.1 Å². The third-order valence-corrected chi connectivity index (χ3v) is 5.14. The fourth-order valence-corrected chi connectivity index (χ4v) is 3.85. The fraction of sp³-hybridized carbons (Fsp3) is 0.182. The van der Waals surface area contributed by atoms with Gasteiger partial charge in [0.25, 0.3) is 5.91 Å². The number of para-hydroxylation sites is 1. The molecule has 1 aromatic heterocycles. The smallest absolute Gasteiger partial charge is 0.290 e. The first-order valence-electron chi connectivity index (χ1n) is 9.03. The lowest BCUT2D eigenvalue weighted by Gasteiger charge is -2.26. The van der Waals surface area contributed by atoms with Gasteiger partial charge < -0.3 is 15.0 Å². The van der Waals surface area contributed by atoms with Crippen molar-refractivity contribution in [2.45, 2.75) is 19.4 Å². The van der Waals surface area contributed by atoms with Crippen molar-refractivity contribution in [1.29, 1.82) is 0 Å². The van der Waals surface area contributed by atoms with Crippen molar-refractivity contribution in [2.75, 3.05) is 6.54 Å². The second kappa shape index (κ2) is 6.96. The molecule has 0 saturated carbocycles. The number of H-pyrrole nitrogens is 1. The van der Waals surface area contributed by atoms with Crippen LogP contribution in [0.1, 0.15) is 24.1 Å². The van der Waals surface area contributed by atoms with Gasteiger partial charge in [0.2, 0.25) is 0 Å². The van der Waals surface area contributed by atoms with E-state index in [-0.39, 0.29) is 12.1 Å². The van der Waals surface area contributed by atoms with Crippen LogP contribution in [0.25, 0.3) is 10.9 Å². The molecule has 142 valence electrons. The van der Waals surface area contributed by atoms with Crippen LogP contribution in [0.3, 0.4) is 0 Å². The van der Waals surface area contributed by atoms with Crippen LogP contribution in [-0.4, -0.2) is 33.2 Å². The Hall–Kier alpha value is -3.41. The third kappa shape index (κ3) is 2.97. The highest BCUT2D eigenvalue weighted by atomic mass is 19.1. The number of aliphatic hydroxyl groups excluding tert-OH is 1. The molecule has 0 aliphatic carbocycles. The lowest BCUT2D eigenvalue weighted by atomic mass is 9.96. The highest BCUT2D eigenvalue weighted by Crippen LogP contribution is 2.38. The molecule has 6 heteroatoms. The Labute approximate surface area is 161 Å². The van der Waals surface area contributed by atoms with E-state index in [1.165, 1.54) is 30.0 Å². The van der Waals surface area contributed by atoms with Gasteiger partial charge in [-0.25, -0.2) is 4.39 Å². The minimum Gasteiger partial charge on any atom is -0.503 e. The van der Waals surface area contributed by atoms with Crippen LogP contribution in [0, 0.1) is 5.82 Å². The maximum Gasteiger partial charge on any atom is 0.290 e. The van der Waals surface area contributed by atoms with E-state index in [9.17, 15) is 19.1 Å². The molecule has 1 amide bonds. The van der Waals surface area contributed by atoms with Gasteiger partial charge in [-0.05, 0) is 42.7 Å². The molecular weight excluding hydrogens is 359 g/mol. The Kier molecular flexibility index (Phi) is 4.47. The molecule has 2 heterocycles. The molecule has 2 aromatic carbocycles. The lowest BCUT2D eigenvalue weighted by molar-refractivity contribution is -0.129. The number of hydrogen-bond donors (Lipinski definition) is 2. The number of carbonyl (C=O) groups excluding carboxylic acids is 2. The first kappa shape index (κ1) is 18.0. The number of nitrogens with zero attached hydrogens (tertiary/aromatic N) is 1. The van der Waals surface area contributed by atoms with Crippen LogP contribution in [-0.2, 0) is 16.0 Å². The Morgan fingerprint density at radius 1 is 1.21 bits per heavy atom. The van der Waals surface area contributed by atoms with Crippen LogP contribution in [0.2, 0.25) is 0 Å². The van der Waals surface area contributed by atoms with Crippen LogP contribution >= 0.6 is 0 Å². The molecule has 0 spiro atoms. The summed E-state index contributed by atoms with van der Waals surface area (Å²) in [6.45, 7) is 1.58. The molecule has 0 bridgehead atoms. The number of nitrogens with one attached hydrogen (secondary N) is 1. The van der Waals surface area contributed by atoms with E-state index in [1.807, 2.05) is 30.5 Å². The molecular formula is C22H19FN2O3. The van der Waals surface area contributed by atoms with Gasteiger partial charge in [0.1, 0.15) is 5.82 Å². The minimum absolute atomic E-state index is 0.00882. The largest absolute Gasteiger partial charge is 0.503 e. The Bertz CT molecular complexity index is 1120. The molecule has 0 saturated heterocycles. The molecule has 28 heavy (non-hydrogen) atoms. The van der Waals surface area contributed by atoms with E-state index in [0.29, 0.717) is 12.0 Å². The Morgan fingerprint density at radius 2 is 2.00 bits per heavy atom. The zero-order valence-electron chi connectivity index (χ0n) is 15.3. The van der Waals surface area contributed by atoms with Gasteiger partial charge in [-0.1, -0.05) is 30.3 Å². The number of aromatic nitrogens is 1. The van der Waals surface area contributed by atoms with Gasteiger partial charge in [-0.2, -0.15) is 0 Å². The summed E-state index contributed by atoms with van der Waals surface area (Å²) in [6.07, 6.45) is 2.42. The highest BCUT2D eigenvalue weighted by molar-refractivity contribution is 6.08. The van der Waals surface area contributed by atoms with Gasteiger partial charge in [0.15, 0.2) is 11.5 Å². The highest BCUT2D eigenvalue weighted by Gasteiger charge is 2.42. The first-order chi connectivity index (χ1) is 13.5. The van der Waals surface area contributed by atoms with Crippen LogP contribution in [0.15, 0.2) is 66.1 Å². The molecule has 0 radical (unpaired) electrons. The van der Waals surface area contributed by atoms with Gasteiger partial charge in [0, 0.05) is 23.6 Å². The van der Waals surface area contributed by atoms with Crippen molar-refractivity contribution >= 4 is 22.6 Å². The van der Waals surface area contributed by atoms with Crippen molar-refractivity contribution in [3.8, 4) is 0 Å². The zero-order chi connectivity index (χ0) is 19.8. The van der Waals surface area contributed by atoms with Gasteiger partial charge in [-0.3, -0.25) is 9.59 Å². The molecule has 0 fully saturated rings. The van der Waals surface area contributed by atoms with Crippen LogP contribution in [0.5, 0.6) is 0 Å². The number of fused-ring (bicyclic) bond motifs is 1. The average Bonchev–Trinajstić information content (AvgIpc) is 3.19. The summed E-state index contributed by atoms with van der Waals surface area (Å²) in [5.74, 6) is -2.04. The average molecular weight is 378 g/mol. The monoisotopic (exact) mass is 378 g/mol. The molecule has 1 aliphatic heterocycles. The first-order valence-corrected chi connectivity index (χ1v) is 9.03. The van der Waals surface area contributed by atoms with Crippen molar-refractivity contribution in [2.24, 2.45) is 0 Å². The summed E-state index contributed by atoms with van der Waals surface area (Å²) in [5.41, 5.74) is 2.49. The minimum atomic E-state index is -0.800. The molecule has 1 unspecified atom stereocenters. The van der Waals surface area contributed by atoms with E-state index in [2.05, 4.69) is 4.98 Å². The van der Waals surface area contributed by atoms with Gasteiger partial charge >= 0.3 is 0 Å². The maximum absolute atomic E-state index is 13.8. The topological polar surface area (TPSA) is 73.4 Å². The summed E-state index contributed by atoms with van der Waals surface area (Å²) in [6, 6.07) is 12.8. The summed E-state index contributed by atoms with van der Waals surface area (Å²) < 4.78 is 13.8. The number of aliphatic hydroxyl groups is 1. The summed E-state index contributed by atoms with van der Waals surface area (Å²) in [4.78, 5) is 29.4. The fourth-order valence-electron chi connectivity index (χ4n) is 3.85. The zero-order valence-corrected chi connectivity index (χ0v) is 15.3. The van der Waals surface area contributed by atoms with E-state index in [0.717, 1.165) is 16.5 Å². The maximum atomic E-state index is 13.8. The second-order valence-corrected chi connectivity index (χ2v) is 6.88. The molecule has 3 aromatic rings. The quantitative estimate of drug-likeness (QED) is 0.709. The standard InChI is InChI=1S/C22H19FN2O3/c1-13(26)19-20(14-5-4-6-16(23)11-14)25(22(28)21(19)27)10-9-15-12-24-18-8-3-2-7-17(15)18/h2-8,11-12,20,24,27H,9-10H2,1H3. The lowest BCUT2D eigenvalue weighted by Crippen LogP contribution is -2.33. The van der Waals surface area contributed by atoms with E-state index < -0.39 is 29.3 Å². The van der Waals surface area contributed by atoms with Crippen molar-refractivity contribution in [3.05, 3.63) is 83.0 Å². The third-order valence-electron chi connectivity index (χ3n) is 5.14. The number of rotatable bonds is 5. The van der Waals surface area contributed by atoms with Gasteiger partial charge in [-0.15, -0.1) is 0 Å². The summed E-state index contributed by atoms with van der Waals surface area (Å²) >= 11 is 0. The van der Waals surface area contributed by atoms with Crippen molar-refractivity contribution in [3.63, 3.8) is 0 Å². The number of hydrogen-bond acceptors (Lipinski definition) is 3. The van der Waals surface area contributed by atoms with E-state index in [4.69, 9.17) is 0 Å². The molecule has 5 nitrogen and oxygen atoms in total. The molecule has 4 rings (SSSR count). The Balaban J connectivity index is 1.68. The number of carbonyl (C=O) groups is 2. The SMILES string of the molecule is CC(=O)C1=C(O)C(=O)N(CCc2c[nH]c3ccccc23)C1c1cccc(F)c1. The van der Waals surface area contributed by atoms with Crippen LogP contribution in [0.4, 0.5) is 4.39 Å². The number of benzene rings is 2. The van der Waals surface area contributed by atoms with Crippen molar-refractivity contribution in [1.82, 2.24) is 9.88 Å².